The van der Waals surface area contributed by atoms with Crippen LogP contribution in [0.4, 0.5) is 0 Å². The van der Waals surface area contributed by atoms with Crippen molar-refractivity contribution >= 4 is 0 Å². The molecule has 0 spiro atoms. The lowest BCUT2D eigenvalue weighted by Gasteiger charge is -2.38. The third-order valence-electron chi connectivity index (χ3n) is 4.47. The fourth-order valence-corrected chi connectivity index (χ4v) is 3.18. The van der Waals surface area contributed by atoms with Gasteiger partial charge in [-0.25, -0.2) is 24.0 Å². The van der Waals surface area contributed by atoms with Crippen molar-refractivity contribution in [2.24, 2.45) is 11.8 Å². The maximum absolute atomic E-state index is 4.07. The zero-order chi connectivity index (χ0) is 21.8. The van der Waals surface area contributed by atoms with Crippen LogP contribution in [0, 0.1) is 23.7 Å². The van der Waals surface area contributed by atoms with E-state index < -0.39 is 0 Å². The first-order valence-corrected chi connectivity index (χ1v) is 10.1. The van der Waals surface area contributed by atoms with Crippen molar-refractivity contribution in [3.63, 3.8) is 0 Å². The Morgan fingerprint density at radius 2 is 0.786 bits per heavy atom. The molecule has 0 N–H and O–H groups in total. The van der Waals surface area contributed by atoms with E-state index >= 15 is 0 Å². The first-order chi connectivity index (χ1) is 12.9. The maximum atomic E-state index is 4.07. The lowest BCUT2D eigenvalue weighted by atomic mass is 9.74. The summed E-state index contributed by atoms with van der Waals surface area (Å²) in [6.45, 7) is 33.3. The topological polar surface area (TPSA) is 0 Å². The minimum Gasteiger partial charge on any atom is -0.221 e. The molecule has 28 heavy (non-hydrogen) atoms. The molecule has 0 bridgehead atoms. The van der Waals surface area contributed by atoms with Gasteiger partial charge in [0, 0.05) is 0 Å². The maximum Gasteiger partial charge on any atom is -0.0282 e. The van der Waals surface area contributed by atoms with Crippen LogP contribution in [-0.2, 0) is 0 Å². The Morgan fingerprint density at radius 3 is 0.964 bits per heavy atom. The number of hydrogen-bond donors (Lipinski definition) is 0. The summed E-state index contributed by atoms with van der Waals surface area (Å²) in [5, 5.41) is 0. The minimum absolute atomic E-state index is 0.562. The van der Waals surface area contributed by atoms with Gasteiger partial charge < -0.3 is 0 Å². The normalized spacial score (nSPS) is 15.8. The van der Waals surface area contributed by atoms with Gasteiger partial charge in [0.05, 0.1) is 0 Å². The second-order valence-corrected chi connectivity index (χ2v) is 8.83. The van der Waals surface area contributed by atoms with Crippen LogP contribution in [-0.4, -0.2) is 0 Å². The van der Waals surface area contributed by atoms with Crippen molar-refractivity contribution in [3.8, 4) is 0 Å². The van der Waals surface area contributed by atoms with Crippen molar-refractivity contribution in [1.82, 2.24) is 0 Å². The number of hydrogen-bond acceptors (Lipinski definition) is 0. The summed E-state index contributed by atoms with van der Waals surface area (Å²) in [5.41, 5.74) is 9.50. The van der Waals surface area contributed by atoms with E-state index in [1.807, 2.05) is 0 Å². The summed E-state index contributed by atoms with van der Waals surface area (Å²) in [4.78, 5) is 0. The van der Waals surface area contributed by atoms with Crippen molar-refractivity contribution in [2.45, 2.75) is 55.4 Å². The molecule has 0 heterocycles. The molecular formula is C28H38-2. The van der Waals surface area contributed by atoms with Crippen LogP contribution in [0.15, 0.2) is 95.2 Å². The second kappa shape index (κ2) is 9.73. The fourth-order valence-electron chi connectivity index (χ4n) is 3.18. The lowest BCUT2D eigenvalue weighted by molar-refractivity contribution is 0.821. The van der Waals surface area contributed by atoms with Crippen molar-refractivity contribution in [2.75, 3.05) is 0 Å². The Kier molecular flexibility index (Phi) is 8.24. The van der Waals surface area contributed by atoms with Gasteiger partial charge in [0.15, 0.2) is 0 Å². The molecule has 0 radical (unpaired) electrons. The highest BCUT2D eigenvalue weighted by atomic mass is 14.3. The van der Waals surface area contributed by atoms with Crippen LogP contribution < -0.4 is 0 Å². The van der Waals surface area contributed by atoms with Gasteiger partial charge in [-0.1, -0.05) is 51.0 Å². The van der Waals surface area contributed by atoms with Crippen molar-refractivity contribution in [3.05, 3.63) is 107 Å². The lowest BCUT2D eigenvalue weighted by Crippen LogP contribution is -2.12. The fraction of sp³-hybridized carbons (Fsp3) is 0.357. The monoisotopic (exact) mass is 374 g/mol. The van der Waals surface area contributed by atoms with E-state index in [1.54, 1.807) is 0 Å². The first-order valence-electron chi connectivity index (χ1n) is 10.1. The van der Waals surface area contributed by atoms with Crippen molar-refractivity contribution in [1.29, 1.82) is 0 Å². The quantitative estimate of drug-likeness (QED) is 0.433. The van der Waals surface area contributed by atoms with Gasteiger partial charge in [0.2, 0.25) is 0 Å². The van der Waals surface area contributed by atoms with E-state index in [2.05, 4.69) is 106 Å². The number of rotatable bonds is 4. The molecule has 0 unspecified atom stereocenters. The molecule has 0 heteroatoms. The highest BCUT2D eigenvalue weighted by Crippen LogP contribution is 2.44. The predicted molar refractivity (Wildman–Crippen MR) is 128 cm³/mol. The first kappa shape index (κ1) is 23.7. The largest absolute Gasteiger partial charge is 0.221 e. The van der Waals surface area contributed by atoms with Crippen molar-refractivity contribution < 1.29 is 0 Å². The molecule has 2 rings (SSSR count). The second-order valence-electron chi connectivity index (χ2n) is 8.83. The summed E-state index contributed by atoms with van der Waals surface area (Å²) in [7, 11) is 0. The standard InChI is InChI=1S/2C14H19/c2*1-9(2)7-13-11(5)14(12(13)6)8-10(3)4/h2*7-9H,5-6H2,1-4H3/q2*-1. The van der Waals surface area contributed by atoms with E-state index in [4.69, 9.17) is 0 Å². The molecule has 152 valence electrons. The molecule has 0 saturated heterocycles. The average Bonchev–Trinajstić information content (AvgIpc) is 2.59. The molecule has 0 nitrogen and oxygen atoms in total. The molecule has 2 aliphatic carbocycles. The molecule has 0 amide bonds. The Hall–Kier alpha value is -2.34. The van der Waals surface area contributed by atoms with E-state index in [9.17, 15) is 0 Å². The smallest absolute Gasteiger partial charge is 0.0282 e. The summed E-state index contributed by atoms with van der Waals surface area (Å²) in [5.74, 6) is 3.72. The van der Waals surface area contributed by atoms with Crippen LogP contribution in [0.5, 0.6) is 0 Å². The van der Waals surface area contributed by atoms with Gasteiger partial charge in [-0.2, -0.15) is 11.1 Å². The third kappa shape index (κ3) is 5.83. The van der Waals surface area contributed by atoms with Crippen LogP contribution in [0.1, 0.15) is 55.4 Å². The molecule has 0 aromatic rings. The average molecular weight is 375 g/mol. The van der Waals surface area contributed by atoms with E-state index in [0.29, 0.717) is 11.8 Å². The number of allylic oxidation sites excluding steroid dienone is 12. The van der Waals surface area contributed by atoms with Crippen LogP contribution in [0.3, 0.4) is 0 Å². The zero-order valence-electron chi connectivity index (χ0n) is 19.3. The molecule has 0 aromatic heterocycles. The van der Waals surface area contributed by atoms with Gasteiger partial charge in [-0.05, 0) is 11.8 Å². The molecular weight excluding hydrogens is 336 g/mol. The zero-order valence-corrected chi connectivity index (χ0v) is 19.3. The van der Waals surface area contributed by atoms with Crippen LogP contribution in [0.25, 0.3) is 0 Å². The molecule has 0 aromatic carbocycles. The van der Waals surface area contributed by atoms with Crippen LogP contribution in [0.2, 0.25) is 0 Å². The Labute approximate surface area is 174 Å². The summed E-state index contributed by atoms with van der Waals surface area (Å²) in [6.07, 6.45) is 8.77. The Balaban J connectivity index is 0.000000280. The predicted octanol–water partition coefficient (Wildman–Crippen LogP) is 8.47. The van der Waals surface area contributed by atoms with Gasteiger partial charge >= 0.3 is 0 Å². The molecule has 0 atom stereocenters. The minimum atomic E-state index is 0.562. The summed E-state index contributed by atoms with van der Waals surface area (Å²) >= 11 is 0. The molecule has 0 aliphatic heterocycles. The third-order valence-corrected chi connectivity index (χ3v) is 4.47. The van der Waals surface area contributed by atoms with E-state index in [1.165, 1.54) is 34.1 Å². The highest BCUT2D eigenvalue weighted by Gasteiger charge is 2.18. The van der Waals surface area contributed by atoms with Gasteiger partial charge in [-0.15, -0.1) is 76.3 Å². The Bertz CT molecular complexity index is 612. The SMILES string of the molecule is C=C1C(=C[C-](C)C)C(=C)C1=CC(C)C.C=C1C(=C[C-](C)C)C(=C)C1=CC(C)C. The Morgan fingerprint density at radius 1 is 0.536 bits per heavy atom. The van der Waals surface area contributed by atoms with Gasteiger partial charge in [0.1, 0.15) is 0 Å². The highest BCUT2D eigenvalue weighted by molar-refractivity contribution is 5.78. The van der Waals surface area contributed by atoms with Crippen LogP contribution >= 0.6 is 0 Å². The summed E-state index contributed by atoms with van der Waals surface area (Å²) < 4.78 is 0. The molecule has 2 aliphatic rings. The molecule has 2 saturated carbocycles. The van der Waals surface area contributed by atoms with E-state index in [-0.39, 0.29) is 0 Å². The summed E-state index contributed by atoms with van der Waals surface area (Å²) in [6, 6.07) is 0. The van der Waals surface area contributed by atoms with Gasteiger partial charge in [-0.3, -0.25) is 0 Å². The molecule has 2 fully saturated rings. The van der Waals surface area contributed by atoms with Gasteiger partial charge in [0.25, 0.3) is 0 Å². The van der Waals surface area contributed by atoms with E-state index in [0.717, 1.165) is 22.3 Å².